The van der Waals surface area contributed by atoms with Crippen LogP contribution in [-0.2, 0) is 0 Å². The molecule has 9 rings (SSSR count). The van der Waals surface area contributed by atoms with Gasteiger partial charge in [-0.25, -0.2) is 4.98 Å². The number of para-hydroxylation sites is 2. The quantitative estimate of drug-likeness (QED) is 0.137. The van der Waals surface area contributed by atoms with Gasteiger partial charge in [0.05, 0.1) is 19.6 Å². The number of benzene rings is 6. The molecule has 0 saturated heterocycles. The van der Waals surface area contributed by atoms with E-state index >= 15 is 0 Å². The van der Waals surface area contributed by atoms with Crippen LogP contribution < -0.4 is 10.9 Å². The average molecular weight is 802 g/mol. The van der Waals surface area contributed by atoms with E-state index in [1.54, 1.807) is 12.1 Å². The van der Waals surface area contributed by atoms with Crippen LogP contribution in [0.4, 0.5) is 10.2 Å². The fraction of sp³-hybridized carbons (Fsp3) is 0.0244. The second kappa shape index (κ2) is 15.0. The maximum atomic E-state index is 12.3. The highest BCUT2D eigenvalue weighted by molar-refractivity contribution is 9.10. The minimum absolute atomic E-state index is 0.222. The lowest BCUT2D eigenvalue weighted by Gasteiger charge is -2.12. The van der Waals surface area contributed by atoms with Gasteiger partial charge >= 0.3 is 0 Å². The fourth-order valence-corrected chi connectivity index (χ4v) is 6.93. The van der Waals surface area contributed by atoms with Crippen LogP contribution in [0.5, 0.6) is 0 Å². The van der Waals surface area contributed by atoms with Crippen LogP contribution in [0.3, 0.4) is 0 Å². The van der Waals surface area contributed by atoms with Crippen molar-refractivity contribution in [1.29, 1.82) is 0 Å². The number of pyridine rings is 2. The Morgan fingerprint density at radius 3 is 1.98 bits per heavy atom. The number of anilines is 1. The second-order valence-corrected chi connectivity index (χ2v) is 13.2. The number of alkyl halides is 1. The van der Waals surface area contributed by atoms with Gasteiger partial charge < -0.3 is 0 Å². The molecule has 0 unspecified atom stereocenters. The van der Waals surface area contributed by atoms with Crippen molar-refractivity contribution < 1.29 is 10.6 Å². The maximum absolute atomic E-state index is 12.3. The molecule has 6 aromatic carbocycles. The van der Waals surface area contributed by atoms with E-state index in [1.807, 2.05) is 66.7 Å². The summed E-state index contributed by atoms with van der Waals surface area (Å²) in [5.41, 5.74) is 10.2. The van der Waals surface area contributed by atoms with Gasteiger partial charge in [-0.2, -0.15) is 0 Å². The summed E-state index contributed by atoms with van der Waals surface area (Å²) in [6.45, 7) is 0. The number of carbonyl (C=O) groups excluding carboxylic acids is 1. The van der Waals surface area contributed by atoms with Gasteiger partial charge in [-0.3, -0.25) is 24.4 Å². The lowest BCUT2D eigenvalue weighted by Crippen LogP contribution is -2.29. The van der Waals surface area contributed by atoms with E-state index in [9.17, 15) is 9.18 Å². The van der Waals surface area contributed by atoms with Crippen molar-refractivity contribution >= 4 is 92.6 Å². The van der Waals surface area contributed by atoms with Gasteiger partial charge in [0.15, 0.2) is 17.3 Å². The molecule has 9 aromatic rings. The zero-order valence-corrected chi connectivity index (χ0v) is 30.1. The number of carbonyl (C=O) groups is 1. The molecule has 3 aromatic heterocycles. The molecule has 250 valence electrons. The van der Waals surface area contributed by atoms with Crippen molar-refractivity contribution in [1.82, 2.24) is 25.0 Å². The number of aromatic nitrogens is 4. The lowest BCUT2D eigenvalue weighted by atomic mass is 10.1. The van der Waals surface area contributed by atoms with E-state index in [0.29, 0.717) is 11.4 Å². The van der Waals surface area contributed by atoms with Crippen molar-refractivity contribution in [2.24, 2.45) is 0 Å². The van der Waals surface area contributed by atoms with E-state index in [0.717, 1.165) is 58.6 Å². The molecule has 0 aliphatic heterocycles. The van der Waals surface area contributed by atoms with Crippen LogP contribution in [0.25, 0.3) is 60.4 Å². The summed E-state index contributed by atoms with van der Waals surface area (Å²) in [6.07, 6.45) is 0. The molecule has 7 nitrogen and oxygen atoms in total. The summed E-state index contributed by atoms with van der Waals surface area (Å²) in [6, 6.07) is 48.1. The normalized spacial score (nSPS) is 11.1. The third kappa shape index (κ3) is 6.75. The Bertz CT molecular complexity index is 2720. The van der Waals surface area contributed by atoms with Crippen LogP contribution in [0.15, 0.2) is 155 Å². The van der Waals surface area contributed by atoms with E-state index in [2.05, 4.69) is 129 Å². The van der Waals surface area contributed by atoms with Crippen LogP contribution in [0, 0.1) is 0 Å². The minimum Gasteiger partial charge on any atom is -0.281 e. The van der Waals surface area contributed by atoms with Crippen LogP contribution >= 0.6 is 31.9 Å². The molecule has 0 spiro atoms. The summed E-state index contributed by atoms with van der Waals surface area (Å²) < 4.78 is 19.5. The van der Waals surface area contributed by atoms with Gasteiger partial charge in [0.25, 0.3) is 5.91 Å². The molecule has 0 bridgehead atoms. The minimum atomic E-state index is -1.00. The highest BCUT2D eigenvalue weighted by Gasteiger charge is 2.15. The van der Waals surface area contributed by atoms with Gasteiger partial charge in [-0.15, -0.1) is 10.2 Å². The summed E-state index contributed by atoms with van der Waals surface area (Å²) in [7, 11) is -1.00. The highest BCUT2D eigenvalue weighted by Crippen LogP contribution is 2.32. The number of rotatable bonds is 4. The maximum Gasteiger partial charge on any atom is 0.269 e. The molecule has 51 heavy (non-hydrogen) atoms. The third-order valence-electron chi connectivity index (χ3n) is 8.34. The zero-order valence-electron chi connectivity index (χ0n) is 27.9. The number of fused-ring (bicyclic) bond motifs is 9. The van der Waals surface area contributed by atoms with Crippen molar-refractivity contribution in [3.63, 3.8) is 0 Å². The lowest BCUT2D eigenvalue weighted by molar-refractivity contribution is 0.0962. The second-order valence-electron chi connectivity index (χ2n) is 11.4. The molecule has 0 aliphatic carbocycles. The van der Waals surface area contributed by atoms with Gasteiger partial charge in [-0.1, -0.05) is 135 Å². The summed E-state index contributed by atoms with van der Waals surface area (Å²) >= 11 is 6.92. The van der Waals surface area contributed by atoms with E-state index in [-0.39, 0.29) is 5.91 Å². The van der Waals surface area contributed by atoms with Gasteiger partial charge in [0.2, 0.25) is 0 Å². The Hall–Kier alpha value is -5.71. The first-order valence-corrected chi connectivity index (χ1v) is 17.4. The van der Waals surface area contributed by atoms with Gasteiger partial charge in [-0.05, 0) is 53.2 Å². The molecular weight excluding hydrogens is 771 g/mol. The number of hydrogen-bond acceptors (Lipinski definition) is 5. The zero-order chi connectivity index (χ0) is 36.0. The first kappa shape index (κ1) is 32.5. The summed E-state index contributed by atoms with van der Waals surface area (Å²) in [5, 5.41) is 15.7. The molecule has 10 heteroatoms. The van der Waals surface area contributed by atoms with Crippen molar-refractivity contribution in [3.05, 3.63) is 160 Å². The van der Waals surface area contributed by atoms with Crippen molar-refractivity contribution in [2.45, 2.75) is 0 Å². The van der Waals surface area contributed by atoms with E-state index in [1.165, 1.54) is 10.8 Å². The molecule has 0 saturated carbocycles. The standard InChI is InChI=1S/C20H14BrN3O.C20H12BrN3.CH3F/c21-14-7-5-6-13(12-14)20(25)24-23-19-17-10-2-1-8-15(17)16-9-3-4-11-18(16)22-19;21-14-7-5-6-13(12-14)19-22-23-20-17-10-2-1-8-15(17)16-9-3-4-11-18(16)24(19)20;1-2/h1-12H,(H,22,23)(H,24,25);1-12H;1H3/i;;1D. The summed E-state index contributed by atoms with van der Waals surface area (Å²) in [5.74, 6) is 1.26. The molecule has 2 N–H and O–H groups in total. The highest BCUT2D eigenvalue weighted by atomic mass is 79.9. The number of nitrogens with zero attached hydrogens (tertiary/aromatic N) is 4. The van der Waals surface area contributed by atoms with Crippen molar-refractivity contribution in [2.75, 3.05) is 12.6 Å². The smallest absolute Gasteiger partial charge is 0.269 e. The molecule has 0 aliphatic rings. The Kier molecular flexibility index (Phi) is 9.58. The SMILES string of the molecule is Brc1cccc(-c2nnc3c4ccccc4c4ccccc4n23)c1.O=C(NNc1nc2ccccc2c2ccccc12)c1cccc(Br)c1.[2H]CF. The Labute approximate surface area is 310 Å². The van der Waals surface area contributed by atoms with Crippen LogP contribution in [0.1, 0.15) is 11.7 Å². The predicted octanol–water partition coefficient (Wildman–Crippen LogP) is 11.0. The number of halogens is 3. The Balaban J connectivity index is 0.000000151. The number of hydrogen-bond donors (Lipinski definition) is 2. The molecule has 1 amide bonds. The molecule has 3 heterocycles. The molecule has 0 radical (unpaired) electrons. The Morgan fingerprint density at radius 1 is 0.667 bits per heavy atom. The number of amides is 1. The first-order chi connectivity index (χ1) is 25.5. The average Bonchev–Trinajstić information content (AvgIpc) is 3.64. The van der Waals surface area contributed by atoms with Gasteiger partial charge in [0, 0.05) is 41.6 Å². The predicted molar refractivity (Wildman–Crippen MR) is 213 cm³/mol. The summed E-state index contributed by atoms with van der Waals surface area (Å²) in [4.78, 5) is 17.0. The van der Waals surface area contributed by atoms with Crippen LogP contribution in [-0.4, -0.2) is 32.6 Å². The molecule has 0 atom stereocenters. The number of hydrazine groups is 1. The van der Waals surface area contributed by atoms with E-state index in [4.69, 9.17) is 1.37 Å². The topological polar surface area (TPSA) is 84.2 Å². The first-order valence-electron chi connectivity index (χ1n) is 16.5. The fourth-order valence-electron chi connectivity index (χ4n) is 6.13. The van der Waals surface area contributed by atoms with Crippen molar-refractivity contribution in [3.8, 4) is 11.4 Å². The third-order valence-corrected chi connectivity index (χ3v) is 9.33. The monoisotopic (exact) mass is 799 g/mol. The van der Waals surface area contributed by atoms with Crippen LogP contribution in [0.2, 0.25) is 0 Å². The Morgan fingerprint density at radius 2 is 1.25 bits per heavy atom. The largest absolute Gasteiger partial charge is 0.281 e. The van der Waals surface area contributed by atoms with Gasteiger partial charge in [0.1, 0.15) is 0 Å². The molecule has 0 fully saturated rings. The molecular formula is C41H29Br2FN6O. The van der Waals surface area contributed by atoms with E-state index < -0.39 is 7.15 Å². The number of nitrogens with one attached hydrogen (secondary N) is 2.